The second-order valence-corrected chi connectivity index (χ2v) is 9.67. The predicted molar refractivity (Wildman–Crippen MR) is 112 cm³/mol. The van der Waals surface area contributed by atoms with Crippen LogP contribution in [-0.2, 0) is 10.0 Å². The summed E-state index contributed by atoms with van der Waals surface area (Å²) in [5.74, 6) is -0.0120. The molecular weight excluding hydrogens is 410 g/mol. The zero-order valence-electron chi connectivity index (χ0n) is 16.1. The van der Waals surface area contributed by atoms with Crippen LogP contribution < -0.4 is 9.46 Å². The molecule has 1 unspecified atom stereocenters. The Morgan fingerprint density at radius 3 is 2.79 bits per heavy atom. The Bertz CT molecular complexity index is 1140. The summed E-state index contributed by atoms with van der Waals surface area (Å²) in [6.07, 6.45) is 1.72. The molecule has 0 bridgehead atoms. The molecule has 2 aromatic carbocycles. The number of ether oxygens (including phenoxy) is 1. The maximum atomic E-state index is 13.3. The average Bonchev–Trinajstić information content (AvgIpc) is 3.39. The number of rotatable bonds is 5. The van der Waals surface area contributed by atoms with E-state index in [0.29, 0.717) is 12.1 Å². The van der Waals surface area contributed by atoms with Crippen molar-refractivity contribution in [1.82, 2.24) is 14.6 Å². The quantitative estimate of drug-likeness (QED) is 0.670. The Kier molecular flexibility index (Phi) is 5.28. The van der Waals surface area contributed by atoms with Crippen LogP contribution >= 0.6 is 11.3 Å². The lowest BCUT2D eigenvalue weighted by molar-refractivity contribution is 0.0735. The van der Waals surface area contributed by atoms with Gasteiger partial charge in [0.2, 0.25) is 10.0 Å². The summed E-state index contributed by atoms with van der Waals surface area (Å²) in [4.78, 5) is 19.7. The number of hydrogen-bond acceptors (Lipinski definition) is 6. The molecule has 4 rings (SSSR count). The lowest BCUT2D eigenvalue weighted by Gasteiger charge is -2.23. The smallest absolute Gasteiger partial charge is 0.254 e. The molecule has 0 saturated carbocycles. The first-order valence-corrected chi connectivity index (χ1v) is 11.5. The van der Waals surface area contributed by atoms with Crippen LogP contribution in [0.3, 0.4) is 0 Å². The number of nitrogens with zero attached hydrogens (tertiary/aromatic N) is 2. The van der Waals surface area contributed by atoms with Crippen LogP contribution in [0, 0.1) is 0 Å². The molecule has 1 fully saturated rings. The Morgan fingerprint density at radius 2 is 2.07 bits per heavy atom. The standard InChI is InChI=1S/C20H21N3O4S2/c1-21-29(25,26)18-12-13(9-10-16(18)27-2)20(24)23-11-5-7-15(23)19-22-14-6-3-4-8-17(14)28-19/h3-4,6,8-10,12,15,21H,5,7,11H2,1-2H3. The summed E-state index contributed by atoms with van der Waals surface area (Å²) in [7, 11) is -1.04. The first kappa shape index (κ1) is 19.8. The van der Waals surface area contributed by atoms with Crippen molar-refractivity contribution in [3.63, 3.8) is 0 Å². The number of carbonyl (C=O) groups is 1. The van der Waals surface area contributed by atoms with Crippen LogP contribution in [0.1, 0.15) is 34.2 Å². The Morgan fingerprint density at radius 1 is 1.28 bits per heavy atom. The molecule has 29 heavy (non-hydrogen) atoms. The van der Waals surface area contributed by atoms with Gasteiger partial charge in [0.1, 0.15) is 15.7 Å². The van der Waals surface area contributed by atoms with E-state index in [4.69, 9.17) is 9.72 Å². The third kappa shape index (κ3) is 3.61. The SMILES string of the molecule is CNS(=O)(=O)c1cc(C(=O)N2CCCC2c2nc3ccccc3s2)ccc1OC. The van der Waals surface area contributed by atoms with E-state index in [1.165, 1.54) is 26.3 Å². The second kappa shape index (κ2) is 7.74. The second-order valence-electron chi connectivity index (χ2n) is 6.75. The molecule has 1 aliphatic heterocycles. The number of aromatic nitrogens is 1. The molecule has 0 radical (unpaired) electrons. The van der Waals surface area contributed by atoms with Crippen molar-refractivity contribution < 1.29 is 17.9 Å². The molecular formula is C20H21N3O4S2. The molecule has 0 spiro atoms. The molecule has 7 nitrogen and oxygen atoms in total. The highest BCUT2D eigenvalue weighted by molar-refractivity contribution is 7.89. The van der Waals surface area contributed by atoms with Gasteiger partial charge in [-0.05, 0) is 50.2 Å². The van der Waals surface area contributed by atoms with Gasteiger partial charge in [0.15, 0.2) is 0 Å². The summed E-state index contributed by atoms with van der Waals surface area (Å²) in [5.41, 5.74) is 1.24. The van der Waals surface area contributed by atoms with Crippen molar-refractivity contribution in [3.05, 3.63) is 53.0 Å². The van der Waals surface area contributed by atoms with Gasteiger partial charge in [-0.15, -0.1) is 11.3 Å². The van der Waals surface area contributed by atoms with Crippen LogP contribution in [-0.4, -0.2) is 44.9 Å². The third-order valence-electron chi connectivity index (χ3n) is 5.08. The van der Waals surface area contributed by atoms with Crippen LogP contribution in [0.4, 0.5) is 0 Å². The van der Waals surface area contributed by atoms with Crippen molar-refractivity contribution in [1.29, 1.82) is 0 Å². The predicted octanol–water partition coefficient (Wildman–Crippen LogP) is 3.19. The minimum Gasteiger partial charge on any atom is -0.495 e. The minimum atomic E-state index is -3.76. The monoisotopic (exact) mass is 431 g/mol. The summed E-state index contributed by atoms with van der Waals surface area (Å²) >= 11 is 1.60. The lowest BCUT2D eigenvalue weighted by atomic mass is 10.1. The lowest BCUT2D eigenvalue weighted by Crippen LogP contribution is -2.31. The van der Waals surface area contributed by atoms with Gasteiger partial charge in [0, 0.05) is 12.1 Å². The fourth-order valence-corrected chi connectivity index (χ4v) is 5.63. The van der Waals surface area contributed by atoms with Gasteiger partial charge < -0.3 is 9.64 Å². The number of amides is 1. The zero-order chi connectivity index (χ0) is 20.6. The average molecular weight is 432 g/mol. The number of likely N-dealkylation sites (tertiary alicyclic amines) is 1. The maximum absolute atomic E-state index is 13.3. The van der Waals surface area contributed by atoms with E-state index < -0.39 is 10.0 Å². The number of carbonyl (C=O) groups excluding carboxylic acids is 1. The number of sulfonamides is 1. The van der Waals surface area contributed by atoms with Gasteiger partial charge >= 0.3 is 0 Å². The van der Waals surface area contributed by atoms with Crippen molar-refractivity contribution in [2.24, 2.45) is 0 Å². The molecule has 1 amide bonds. The van der Waals surface area contributed by atoms with Gasteiger partial charge in [-0.25, -0.2) is 18.1 Å². The number of thiazole rings is 1. The summed E-state index contributed by atoms with van der Waals surface area (Å²) in [6, 6.07) is 12.3. The number of methoxy groups -OCH3 is 1. The van der Waals surface area contributed by atoms with E-state index in [0.717, 1.165) is 28.1 Å². The molecule has 2 heterocycles. The fraction of sp³-hybridized carbons (Fsp3) is 0.300. The van der Waals surface area contributed by atoms with Crippen molar-refractivity contribution in [2.45, 2.75) is 23.8 Å². The number of hydrogen-bond donors (Lipinski definition) is 1. The molecule has 0 aliphatic carbocycles. The highest BCUT2D eigenvalue weighted by atomic mass is 32.2. The molecule has 9 heteroatoms. The number of para-hydroxylation sites is 1. The van der Waals surface area contributed by atoms with Gasteiger partial charge in [-0.3, -0.25) is 4.79 Å². The molecule has 1 aliphatic rings. The van der Waals surface area contributed by atoms with Crippen molar-refractivity contribution in [3.8, 4) is 5.75 Å². The van der Waals surface area contributed by atoms with E-state index in [2.05, 4.69) is 4.72 Å². The van der Waals surface area contributed by atoms with E-state index >= 15 is 0 Å². The molecule has 1 aromatic heterocycles. The van der Waals surface area contributed by atoms with Crippen LogP contribution in [0.15, 0.2) is 47.4 Å². The van der Waals surface area contributed by atoms with Gasteiger partial charge in [-0.2, -0.15) is 0 Å². The molecule has 1 saturated heterocycles. The molecule has 3 aromatic rings. The largest absolute Gasteiger partial charge is 0.495 e. The van der Waals surface area contributed by atoms with Crippen LogP contribution in [0.25, 0.3) is 10.2 Å². The van der Waals surface area contributed by atoms with Crippen LogP contribution in [0.2, 0.25) is 0 Å². The molecule has 152 valence electrons. The first-order valence-electron chi connectivity index (χ1n) is 9.22. The van der Waals surface area contributed by atoms with E-state index in [-0.39, 0.29) is 22.6 Å². The zero-order valence-corrected chi connectivity index (χ0v) is 17.7. The van der Waals surface area contributed by atoms with Gasteiger partial charge in [0.05, 0.1) is 23.4 Å². The van der Waals surface area contributed by atoms with Gasteiger partial charge in [-0.1, -0.05) is 12.1 Å². The maximum Gasteiger partial charge on any atom is 0.254 e. The highest BCUT2D eigenvalue weighted by Gasteiger charge is 2.33. The minimum absolute atomic E-state index is 0.0518. The van der Waals surface area contributed by atoms with Gasteiger partial charge in [0.25, 0.3) is 5.91 Å². The van der Waals surface area contributed by atoms with E-state index in [1.807, 2.05) is 24.3 Å². The Balaban J connectivity index is 1.69. The van der Waals surface area contributed by atoms with E-state index in [9.17, 15) is 13.2 Å². The molecule has 1 atom stereocenters. The normalized spacial score (nSPS) is 17.0. The Labute approximate surface area is 173 Å². The Hall–Kier alpha value is -2.49. The number of benzene rings is 2. The van der Waals surface area contributed by atoms with Crippen molar-refractivity contribution >= 4 is 37.5 Å². The highest BCUT2D eigenvalue weighted by Crippen LogP contribution is 2.37. The topological polar surface area (TPSA) is 88.6 Å². The summed E-state index contributed by atoms with van der Waals surface area (Å²) < 4.78 is 33.2. The van der Waals surface area contributed by atoms with Crippen LogP contribution in [0.5, 0.6) is 5.75 Å². The summed E-state index contributed by atoms with van der Waals surface area (Å²) in [6.45, 7) is 0.611. The number of nitrogens with one attached hydrogen (secondary N) is 1. The van der Waals surface area contributed by atoms with Crippen molar-refractivity contribution in [2.75, 3.05) is 20.7 Å². The van der Waals surface area contributed by atoms with E-state index in [1.54, 1.807) is 22.3 Å². The fourth-order valence-electron chi connectivity index (χ4n) is 3.59. The number of fused-ring (bicyclic) bond motifs is 1. The first-order chi connectivity index (χ1) is 13.9. The summed E-state index contributed by atoms with van der Waals surface area (Å²) in [5, 5.41) is 0.911. The third-order valence-corrected chi connectivity index (χ3v) is 7.65. The molecule has 1 N–H and O–H groups in total.